The van der Waals surface area contributed by atoms with E-state index in [4.69, 9.17) is 0 Å². The predicted molar refractivity (Wildman–Crippen MR) is 193 cm³/mol. The van der Waals surface area contributed by atoms with E-state index < -0.39 is 23.7 Å². The van der Waals surface area contributed by atoms with Gasteiger partial charge in [0, 0.05) is 0 Å². The predicted octanol–water partition coefficient (Wildman–Crippen LogP) is 4.48. The molecule has 0 saturated heterocycles. The minimum absolute atomic E-state index is 0.238. The number of hydrogen-bond acceptors (Lipinski definition) is 6. The first-order valence-corrected chi connectivity index (χ1v) is 16.0. The zero-order chi connectivity index (χ0) is 35.0. The molecule has 0 atom stereocenters. The number of carbonyl (C=O) groups is 4. The molecule has 4 amide bonds. The van der Waals surface area contributed by atoms with Crippen LogP contribution in [-0.2, 0) is 19.2 Å². The number of benzene rings is 5. The second kappa shape index (κ2) is 18.0. The molecule has 0 aliphatic rings. The van der Waals surface area contributed by atoms with Crippen LogP contribution in [0.25, 0.3) is 0 Å². The summed E-state index contributed by atoms with van der Waals surface area (Å²) in [6.45, 7) is -0.477. The minimum atomic E-state index is -0.553. The lowest BCUT2D eigenvalue weighted by Crippen LogP contribution is -2.37. The van der Waals surface area contributed by atoms with Crippen LogP contribution < -0.4 is 21.5 Å². The lowest BCUT2D eigenvalue weighted by atomic mass is 9.90. The largest absolute Gasteiger partial charge is 0.346 e. The number of rotatable bonds is 14. The fraction of sp³-hybridized carbons (Fsp3) is 0.100. The van der Waals surface area contributed by atoms with Crippen LogP contribution >= 0.6 is 0 Å². The van der Waals surface area contributed by atoms with Crippen LogP contribution in [0.4, 0.5) is 0 Å². The topological polar surface area (TPSA) is 141 Å². The van der Waals surface area contributed by atoms with E-state index in [0.717, 1.165) is 22.3 Å². The van der Waals surface area contributed by atoms with Crippen molar-refractivity contribution in [1.82, 2.24) is 21.5 Å². The molecule has 0 saturated carbocycles. The quantitative estimate of drug-likeness (QED) is 0.103. The fourth-order valence-electron chi connectivity index (χ4n) is 5.22. The molecule has 10 heteroatoms. The molecule has 0 unspecified atom stereocenters. The van der Waals surface area contributed by atoms with E-state index in [-0.39, 0.29) is 24.9 Å². The molecule has 0 radical (unpaired) electrons. The van der Waals surface area contributed by atoms with Crippen molar-refractivity contribution in [3.05, 3.63) is 179 Å². The van der Waals surface area contributed by atoms with E-state index in [9.17, 15) is 19.2 Å². The highest BCUT2D eigenvalue weighted by atomic mass is 16.2. The molecule has 4 N–H and O–H groups in total. The highest BCUT2D eigenvalue weighted by Gasteiger charge is 2.24. The number of amides is 4. The molecule has 0 fully saturated rings. The van der Waals surface area contributed by atoms with Gasteiger partial charge in [0.25, 0.3) is 11.8 Å². The van der Waals surface area contributed by atoms with E-state index in [0.29, 0.717) is 11.1 Å². The molecule has 5 aromatic rings. The van der Waals surface area contributed by atoms with E-state index in [2.05, 4.69) is 31.7 Å². The number of hydrazone groups is 2. The zero-order valence-electron chi connectivity index (χ0n) is 27.1. The molecule has 250 valence electrons. The Labute approximate surface area is 290 Å². The maximum Gasteiger partial charge on any atom is 0.259 e. The summed E-state index contributed by atoms with van der Waals surface area (Å²) in [5.41, 5.74) is 9.56. The number of nitrogens with zero attached hydrogens (tertiary/aromatic N) is 2. The summed E-state index contributed by atoms with van der Waals surface area (Å²) in [5, 5.41) is 13.4. The first-order valence-electron chi connectivity index (χ1n) is 16.0. The van der Waals surface area contributed by atoms with Gasteiger partial charge in [-0.1, -0.05) is 146 Å². The average molecular weight is 665 g/mol. The standard InChI is InChI=1S/C40H36N6O4/c47-35(27-41-39(49)37(31-13-5-1-6-14-31)32-15-7-2-8-16-32)45-43-25-29-21-23-30(24-22-29)26-44-46-36(48)28-42-40(50)38(33-17-9-3-10-18-33)34-19-11-4-12-20-34/h1-26,37-38H,27-28H2,(H,41,49)(H,42,50)(H,45,47)(H,46,48)/b43-25+,44-26+. The summed E-state index contributed by atoms with van der Waals surface area (Å²) in [6.07, 6.45) is 2.94. The van der Waals surface area contributed by atoms with Gasteiger partial charge in [-0.25, -0.2) is 10.9 Å². The molecule has 0 aromatic heterocycles. The molecule has 0 spiro atoms. The summed E-state index contributed by atoms with van der Waals surface area (Å²) in [6, 6.07) is 44.6. The minimum Gasteiger partial charge on any atom is -0.346 e. The number of hydrogen-bond donors (Lipinski definition) is 4. The van der Waals surface area contributed by atoms with Crippen LogP contribution in [0.2, 0.25) is 0 Å². The van der Waals surface area contributed by atoms with Gasteiger partial charge in [0.2, 0.25) is 11.8 Å². The van der Waals surface area contributed by atoms with Crippen LogP contribution in [0.5, 0.6) is 0 Å². The molecular formula is C40H36N6O4. The van der Waals surface area contributed by atoms with Crippen LogP contribution in [-0.4, -0.2) is 49.1 Å². The lowest BCUT2D eigenvalue weighted by Gasteiger charge is -2.17. The van der Waals surface area contributed by atoms with Crippen molar-refractivity contribution in [2.75, 3.05) is 13.1 Å². The highest BCUT2D eigenvalue weighted by molar-refractivity contribution is 5.92. The van der Waals surface area contributed by atoms with E-state index >= 15 is 0 Å². The van der Waals surface area contributed by atoms with Crippen LogP contribution in [0.3, 0.4) is 0 Å². The third-order valence-corrected chi connectivity index (χ3v) is 7.64. The summed E-state index contributed by atoms with van der Waals surface area (Å²) >= 11 is 0. The molecule has 5 rings (SSSR count). The summed E-state index contributed by atoms with van der Waals surface area (Å²) in [7, 11) is 0. The first kappa shape index (κ1) is 34.6. The van der Waals surface area contributed by atoms with Crippen molar-refractivity contribution in [2.45, 2.75) is 11.8 Å². The number of nitrogens with one attached hydrogen (secondary N) is 4. The average Bonchev–Trinajstić information content (AvgIpc) is 3.16. The molecule has 5 aromatic carbocycles. The Bertz CT molecular complexity index is 1700. The molecule has 0 aliphatic heterocycles. The Kier molecular flexibility index (Phi) is 12.5. The maximum atomic E-state index is 13.1. The van der Waals surface area contributed by atoms with Gasteiger partial charge in [-0.05, 0) is 33.4 Å². The van der Waals surface area contributed by atoms with E-state index in [1.54, 1.807) is 24.3 Å². The van der Waals surface area contributed by atoms with E-state index in [1.165, 1.54) is 12.4 Å². The van der Waals surface area contributed by atoms with Gasteiger partial charge < -0.3 is 10.6 Å². The molecule has 0 aliphatic carbocycles. The summed E-state index contributed by atoms with van der Waals surface area (Å²) < 4.78 is 0. The molecule has 0 heterocycles. The van der Waals surface area contributed by atoms with Crippen LogP contribution in [0.15, 0.2) is 156 Å². The smallest absolute Gasteiger partial charge is 0.259 e. The second-order valence-electron chi connectivity index (χ2n) is 11.2. The Hall–Kier alpha value is -6.68. The Morgan fingerprint density at radius 3 is 1.00 bits per heavy atom. The SMILES string of the molecule is O=C(CNC(=O)C(c1ccccc1)c1ccccc1)N/N=C/c1ccc(/C=N/NC(=O)CNC(=O)C(c2ccccc2)c2ccccc2)cc1. The lowest BCUT2D eigenvalue weighted by molar-refractivity contribution is -0.126. The molecule has 10 nitrogen and oxygen atoms in total. The molecular weight excluding hydrogens is 628 g/mol. The fourth-order valence-corrected chi connectivity index (χ4v) is 5.22. The van der Waals surface area contributed by atoms with Crippen molar-refractivity contribution in [2.24, 2.45) is 10.2 Å². The van der Waals surface area contributed by atoms with Crippen LogP contribution in [0, 0.1) is 0 Å². The third kappa shape index (κ3) is 10.2. The number of carbonyl (C=O) groups excluding carboxylic acids is 4. The van der Waals surface area contributed by atoms with Gasteiger partial charge in [-0.3, -0.25) is 19.2 Å². The Balaban J connectivity index is 1.05. The van der Waals surface area contributed by atoms with E-state index in [1.807, 2.05) is 121 Å². The van der Waals surface area contributed by atoms with Gasteiger partial charge in [0.1, 0.15) is 0 Å². The third-order valence-electron chi connectivity index (χ3n) is 7.64. The Morgan fingerprint density at radius 2 is 0.720 bits per heavy atom. The molecule has 50 heavy (non-hydrogen) atoms. The second-order valence-corrected chi connectivity index (χ2v) is 11.2. The summed E-state index contributed by atoms with van der Waals surface area (Å²) in [4.78, 5) is 51.0. The van der Waals surface area contributed by atoms with Crippen LogP contribution in [0.1, 0.15) is 45.2 Å². The summed E-state index contributed by atoms with van der Waals surface area (Å²) in [5.74, 6) is -2.63. The monoisotopic (exact) mass is 664 g/mol. The van der Waals surface area contributed by atoms with Gasteiger partial charge in [0.15, 0.2) is 0 Å². The van der Waals surface area contributed by atoms with Gasteiger partial charge in [-0.15, -0.1) is 0 Å². The van der Waals surface area contributed by atoms with Crippen molar-refractivity contribution in [3.63, 3.8) is 0 Å². The van der Waals surface area contributed by atoms with Crippen molar-refractivity contribution >= 4 is 36.1 Å². The van der Waals surface area contributed by atoms with Gasteiger partial charge in [0.05, 0.1) is 37.4 Å². The zero-order valence-corrected chi connectivity index (χ0v) is 27.1. The van der Waals surface area contributed by atoms with Gasteiger partial charge >= 0.3 is 0 Å². The van der Waals surface area contributed by atoms with Gasteiger partial charge in [-0.2, -0.15) is 10.2 Å². The first-order chi connectivity index (χ1) is 24.5. The molecule has 0 bridgehead atoms. The Morgan fingerprint density at radius 1 is 0.440 bits per heavy atom. The van der Waals surface area contributed by atoms with Crippen molar-refractivity contribution in [1.29, 1.82) is 0 Å². The van der Waals surface area contributed by atoms with Crippen molar-refractivity contribution in [3.8, 4) is 0 Å². The maximum absolute atomic E-state index is 13.1. The highest BCUT2D eigenvalue weighted by Crippen LogP contribution is 2.25. The van der Waals surface area contributed by atoms with Crippen molar-refractivity contribution < 1.29 is 19.2 Å². The normalized spacial score (nSPS) is 11.1.